The summed E-state index contributed by atoms with van der Waals surface area (Å²) in [4.78, 5) is 17.8. The maximum atomic E-state index is 10.9. The second-order valence-electron chi connectivity index (χ2n) is 5.52. The third kappa shape index (κ3) is 5.18. The maximum absolute atomic E-state index is 10.9. The Hall–Kier alpha value is -0.750. The molecular weight excluding hydrogens is 295 g/mol. The number of benzene rings is 1. The molecule has 2 aliphatic heterocycles. The van der Waals surface area contributed by atoms with Crippen molar-refractivity contribution in [2.24, 2.45) is 0 Å². The molecule has 0 saturated carbocycles. The minimum Gasteiger partial charge on any atom is -0.373 e. The van der Waals surface area contributed by atoms with E-state index in [9.17, 15) is 4.57 Å². The van der Waals surface area contributed by atoms with Crippen molar-refractivity contribution in [3.63, 3.8) is 0 Å². The SMILES string of the molecule is O=P(O)(O)OC(CCc1ccc(CC2CO2)cc1)C1CO1. The highest BCUT2D eigenvalue weighted by atomic mass is 31.2. The largest absolute Gasteiger partial charge is 0.469 e. The molecule has 2 N–H and O–H groups in total. The number of rotatable bonds is 8. The molecule has 1 aromatic carbocycles. The standard InChI is InChI=1S/C14H19O6P/c15-21(16,17)20-13(14-9-19-14)6-5-10-1-3-11(4-2-10)7-12-8-18-12/h1-4,12-14H,5-9H2,(H2,15,16,17). The van der Waals surface area contributed by atoms with E-state index >= 15 is 0 Å². The van der Waals surface area contributed by atoms with E-state index in [4.69, 9.17) is 23.8 Å². The van der Waals surface area contributed by atoms with Crippen molar-refractivity contribution >= 4 is 7.82 Å². The number of phosphoric acid groups is 1. The summed E-state index contributed by atoms with van der Waals surface area (Å²) in [5.74, 6) is 0. The van der Waals surface area contributed by atoms with E-state index in [1.807, 2.05) is 12.1 Å². The molecule has 0 aromatic heterocycles. The van der Waals surface area contributed by atoms with Gasteiger partial charge in [0.2, 0.25) is 0 Å². The van der Waals surface area contributed by atoms with Gasteiger partial charge in [-0.15, -0.1) is 0 Å². The number of ether oxygens (including phenoxy) is 2. The highest BCUT2D eigenvalue weighted by Crippen LogP contribution is 2.41. The number of aryl methyl sites for hydroxylation is 1. The molecule has 1 aromatic rings. The van der Waals surface area contributed by atoms with E-state index in [0.717, 1.165) is 18.6 Å². The zero-order valence-corrected chi connectivity index (χ0v) is 12.4. The minimum atomic E-state index is -4.47. The Morgan fingerprint density at radius 2 is 1.81 bits per heavy atom. The molecule has 0 amide bonds. The van der Waals surface area contributed by atoms with Crippen LogP contribution in [0.3, 0.4) is 0 Å². The fourth-order valence-corrected chi connectivity index (χ4v) is 2.95. The molecule has 0 spiro atoms. The quantitative estimate of drug-likeness (QED) is 0.557. The zero-order chi connectivity index (χ0) is 14.9. The molecule has 3 unspecified atom stereocenters. The molecule has 116 valence electrons. The van der Waals surface area contributed by atoms with Crippen LogP contribution in [0.4, 0.5) is 0 Å². The van der Waals surface area contributed by atoms with Gasteiger partial charge in [0.25, 0.3) is 0 Å². The molecule has 7 heteroatoms. The highest BCUT2D eigenvalue weighted by Gasteiger charge is 2.37. The Balaban J connectivity index is 1.51. The van der Waals surface area contributed by atoms with Gasteiger partial charge >= 0.3 is 7.82 Å². The summed E-state index contributed by atoms with van der Waals surface area (Å²) in [6, 6.07) is 8.23. The average molecular weight is 314 g/mol. The van der Waals surface area contributed by atoms with Crippen LogP contribution in [-0.2, 0) is 31.4 Å². The van der Waals surface area contributed by atoms with Gasteiger partial charge in [0, 0.05) is 6.42 Å². The average Bonchev–Trinajstić information content (AvgIpc) is 3.27. The summed E-state index contributed by atoms with van der Waals surface area (Å²) in [6.07, 6.45) is 1.81. The van der Waals surface area contributed by atoms with Gasteiger partial charge in [-0.3, -0.25) is 4.52 Å². The van der Waals surface area contributed by atoms with Gasteiger partial charge in [-0.2, -0.15) is 0 Å². The van der Waals surface area contributed by atoms with Crippen LogP contribution in [0.2, 0.25) is 0 Å². The van der Waals surface area contributed by atoms with Gasteiger partial charge < -0.3 is 19.3 Å². The summed E-state index contributed by atoms with van der Waals surface area (Å²) < 4.78 is 26.0. The third-order valence-electron chi connectivity index (χ3n) is 3.65. The summed E-state index contributed by atoms with van der Waals surface area (Å²) in [7, 11) is -4.47. The first-order valence-electron chi connectivity index (χ1n) is 7.04. The topological polar surface area (TPSA) is 91.8 Å². The van der Waals surface area contributed by atoms with Crippen LogP contribution >= 0.6 is 7.82 Å². The molecule has 2 heterocycles. The molecule has 0 aliphatic carbocycles. The van der Waals surface area contributed by atoms with Crippen molar-refractivity contribution in [2.75, 3.05) is 13.2 Å². The van der Waals surface area contributed by atoms with Crippen LogP contribution < -0.4 is 0 Å². The van der Waals surface area contributed by atoms with Crippen LogP contribution in [0, 0.1) is 0 Å². The summed E-state index contributed by atoms with van der Waals surface area (Å²) in [6.45, 7) is 1.36. The second kappa shape index (κ2) is 6.16. The molecule has 2 saturated heterocycles. The van der Waals surface area contributed by atoms with Crippen molar-refractivity contribution in [3.8, 4) is 0 Å². The van der Waals surface area contributed by atoms with Crippen molar-refractivity contribution < 1.29 is 28.3 Å². The van der Waals surface area contributed by atoms with E-state index in [1.165, 1.54) is 5.56 Å². The van der Waals surface area contributed by atoms with Crippen LogP contribution in [0.25, 0.3) is 0 Å². The normalized spacial score (nSPS) is 25.6. The third-order valence-corrected chi connectivity index (χ3v) is 4.20. The van der Waals surface area contributed by atoms with Gasteiger partial charge in [-0.1, -0.05) is 24.3 Å². The Kier molecular flexibility index (Phi) is 4.45. The first-order valence-corrected chi connectivity index (χ1v) is 8.57. The molecule has 0 bridgehead atoms. The molecule has 3 atom stereocenters. The summed E-state index contributed by atoms with van der Waals surface area (Å²) in [5, 5.41) is 0. The number of hydrogen-bond donors (Lipinski definition) is 2. The Morgan fingerprint density at radius 1 is 1.19 bits per heavy atom. The monoisotopic (exact) mass is 314 g/mol. The highest BCUT2D eigenvalue weighted by molar-refractivity contribution is 7.46. The summed E-state index contributed by atoms with van der Waals surface area (Å²) in [5.41, 5.74) is 2.37. The van der Waals surface area contributed by atoms with Crippen molar-refractivity contribution in [1.29, 1.82) is 0 Å². The van der Waals surface area contributed by atoms with E-state index < -0.39 is 13.9 Å². The Labute approximate surface area is 123 Å². The van der Waals surface area contributed by atoms with Gasteiger partial charge in [-0.25, -0.2) is 4.57 Å². The lowest BCUT2D eigenvalue weighted by atomic mass is 10.0. The van der Waals surface area contributed by atoms with Gasteiger partial charge in [0.1, 0.15) is 6.10 Å². The second-order valence-corrected chi connectivity index (χ2v) is 6.71. The van der Waals surface area contributed by atoms with Crippen molar-refractivity contribution in [1.82, 2.24) is 0 Å². The van der Waals surface area contributed by atoms with Gasteiger partial charge in [-0.05, 0) is 24.0 Å². The predicted molar refractivity (Wildman–Crippen MR) is 74.9 cm³/mol. The lowest BCUT2D eigenvalue weighted by molar-refractivity contribution is 0.102. The molecule has 6 nitrogen and oxygen atoms in total. The lowest BCUT2D eigenvalue weighted by Gasteiger charge is -2.16. The maximum Gasteiger partial charge on any atom is 0.469 e. The van der Waals surface area contributed by atoms with E-state index in [-0.39, 0.29) is 6.10 Å². The summed E-state index contributed by atoms with van der Waals surface area (Å²) >= 11 is 0. The minimum absolute atomic E-state index is 0.191. The van der Waals surface area contributed by atoms with E-state index in [2.05, 4.69) is 12.1 Å². The molecule has 0 radical (unpaired) electrons. The fourth-order valence-electron chi connectivity index (χ4n) is 2.35. The lowest BCUT2D eigenvalue weighted by Crippen LogP contribution is -2.19. The smallest absolute Gasteiger partial charge is 0.373 e. The van der Waals surface area contributed by atoms with Gasteiger partial charge in [0.15, 0.2) is 0 Å². The molecule has 3 rings (SSSR count). The molecular formula is C14H19O6P. The van der Waals surface area contributed by atoms with Crippen molar-refractivity contribution in [3.05, 3.63) is 35.4 Å². The van der Waals surface area contributed by atoms with Crippen molar-refractivity contribution in [2.45, 2.75) is 37.6 Å². The number of phosphoric ester groups is 1. The first kappa shape index (κ1) is 15.2. The van der Waals surface area contributed by atoms with E-state index in [0.29, 0.717) is 25.6 Å². The predicted octanol–water partition coefficient (Wildman–Crippen LogP) is 1.44. The van der Waals surface area contributed by atoms with Crippen LogP contribution in [0.1, 0.15) is 17.5 Å². The Bertz CT molecular complexity index is 517. The van der Waals surface area contributed by atoms with Crippen LogP contribution in [-0.4, -0.2) is 41.3 Å². The Morgan fingerprint density at radius 3 is 2.33 bits per heavy atom. The van der Waals surface area contributed by atoms with Crippen LogP contribution in [0.5, 0.6) is 0 Å². The zero-order valence-electron chi connectivity index (χ0n) is 11.6. The molecule has 2 aliphatic rings. The molecule has 2 fully saturated rings. The van der Waals surface area contributed by atoms with Crippen LogP contribution in [0.15, 0.2) is 24.3 Å². The molecule has 21 heavy (non-hydrogen) atoms. The van der Waals surface area contributed by atoms with Gasteiger partial charge in [0.05, 0.1) is 25.4 Å². The first-order chi connectivity index (χ1) is 9.99. The number of hydrogen-bond acceptors (Lipinski definition) is 4. The number of epoxide rings is 2. The van der Waals surface area contributed by atoms with E-state index in [1.54, 1.807) is 0 Å². The fraction of sp³-hybridized carbons (Fsp3) is 0.571.